The fourth-order valence-electron chi connectivity index (χ4n) is 0.641. The predicted molar refractivity (Wildman–Crippen MR) is 39.2 cm³/mol. The van der Waals surface area contributed by atoms with Gasteiger partial charge in [0.05, 0.1) is 0 Å². The van der Waals surface area contributed by atoms with Gasteiger partial charge in [-0.05, 0) is 12.2 Å². The molecule has 0 aliphatic heterocycles. The lowest BCUT2D eigenvalue weighted by Gasteiger charge is -2.15. The molecule has 0 amide bonds. The normalized spacial score (nSPS) is 14.6. The average molecular weight is 134 g/mol. The maximum atomic E-state index is 5.12. The van der Waals surface area contributed by atoms with Crippen molar-refractivity contribution in [2.75, 3.05) is 13.4 Å². The zero-order valence-electron chi connectivity index (χ0n) is 5.97. The van der Waals surface area contributed by atoms with Crippen LogP contribution in [-0.2, 0) is 4.74 Å². The van der Waals surface area contributed by atoms with Crippen LogP contribution in [0.1, 0.15) is 13.8 Å². The van der Waals surface area contributed by atoms with Crippen molar-refractivity contribution in [3.8, 4) is 0 Å². The van der Waals surface area contributed by atoms with Crippen molar-refractivity contribution in [1.82, 2.24) is 0 Å². The molecule has 0 bridgehead atoms. The fraction of sp³-hybridized carbons (Fsp3) is 1.00. The predicted octanol–water partition coefficient (Wildman–Crippen LogP) is 1.98. The fourth-order valence-corrected chi connectivity index (χ4v) is 1.38. The summed E-state index contributed by atoms with van der Waals surface area (Å²) in [5, 5.41) is 0. The molecule has 1 unspecified atom stereocenters. The molecule has 50 valence electrons. The van der Waals surface area contributed by atoms with E-state index < -0.39 is 0 Å². The molecule has 0 aromatic rings. The van der Waals surface area contributed by atoms with Gasteiger partial charge in [-0.1, -0.05) is 13.8 Å². The molecule has 2 heteroatoms. The van der Waals surface area contributed by atoms with Crippen LogP contribution in [0.15, 0.2) is 0 Å². The maximum absolute atomic E-state index is 5.12. The molecule has 0 saturated heterocycles. The Balaban J connectivity index is 3.35. The molecule has 0 aromatic heterocycles. The standard InChI is InChI=1S/C6H14OS/c1-5(2)6(7-3)8-4/h5-6H,1-4H3. The van der Waals surface area contributed by atoms with Crippen molar-refractivity contribution in [2.45, 2.75) is 19.3 Å². The highest BCUT2D eigenvalue weighted by Gasteiger charge is 2.07. The van der Waals surface area contributed by atoms with Crippen LogP contribution in [0.5, 0.6) is 0 Å². The highest BCUT2D eigenvalue weighted by molar-refractivity contribution is 7.99. The summed E-state index contributed by atoms with van der Waals surface area (Å²) in [7, 11) is 1.75. The summed E-state index contributed by atoms with van der Waals surface area (Å²) in [5.41, 5.74) is 0.370. The van der Waals surface area contributed by atoms with Crippen molar-refractivity contribution >= 4 is 11.8 Å². The minimum atomic E-state index is 0.370. The Hall–Kier alpha value is 0.310. The third kappa shape index (κ3) is 2.58. The average Bonchev–Trinajstić information content (AvgIpc) is 1.69. The summed E-state index contributed by atoms with van der Waals surface area (Å²) < 4.78 is 5.12. The van der Waals surface area contributed by atoms with E-state index in [-0.39, 0.29) is 0 Å². The van der Waals surface area contributed by atoms with Gasteiger partial charge in [-0.2, -0.15) is 0 Å². The van der Waals surface area contributed by atoms with Crippen LogP contribution in [0.2, 0.25) is 0 Å². The Kier molecular flexibility index (Phi) is 4.38. The van der Waals surface area contributed by atoms with Crippen LogP contribution in [0.3, 0.4) is 0 Å². The van der Waals surface area contributed by atoms with Gasteiger partial charge in [0.2, 0.25) is 0 Å². The van der Waals surface area contributed by atoms with Gasteiger partial charge in [0.15, 0.2) is 0 Å². The zero-order chi connectivity index (χ0) is 6.57. The lowest BCUT2D eigenvalue weighted by atomic mass is 10.2. The van der Waals surface area contributed by atoms with Gasteiger partial charge in [-0.25, -0.2) is 0 Å². The molecule has 0 heterocycles. The summed E-state index contributed by atoms with van der Waals surface area (Å²) in [6.07, 6.45) is 2.06. The van der Waals surface area contributed by atoms with Crippen LogP contribution in [0, 0.1) is 5.92 Å². The molecule has 0 N–H and O–H groups in total. The molecule has 0 saturated carbocycles. The van der Waals surface area contributed by atoms with Crippen molar-refractivity contribution < 1.29 is 4.74 Å². The van der Waals surface area contributed by atoms with E-state index in [2.05, 4.69) is 20.1 Å². The minimum Gasteiger partial charge on any atom is -0.371 e. The van der Waals surface area contributed by atoms with Gasteiger partial charge in [-0.3, -0.25) is 0 Å². The second kappa shape index (κ2) is 4.21. The summed E-state index contributed by atoms with van der Waals surface area (Å²) in [6.45, 7) is 4.31. The molecule has 0 aliphatic carbocycles. The molecule has 0 aliphatic rings. The zero-order valence-corrected chi connectivity index (χ0v) is 6.79. The topological polar surface area (TPSA) is 9.23 Å². The summed E-state index contributed by atoms with van der Waals surface area (Å²) in [4.78, 5) is 0. The highest BCUT2D eigenvalue weighted by Crippen LogP contribution is 2.15. The maximum Gasteiger partial charge on any atom is 0.104 e. The second-order valence-electron chi connectivity index (χ2n) is 2.08. The van der Waals surface area contributed by atoms with Gasteiger partial charge in [0.25, 0.3) is 0 Å². The number of hydrogen-bond acceptors (Lipinski definition) is 2. The van der Waals surface area contributed by atoms with Crippen LogP contribution >= 0.6 is 11.8 Å². The molecule has 0 fully saturated rings. The lowest BCUT2D eigenvalue weighted by molar-refractivity contribution is 0.137. The van der Waals surface area contributed by atoms with Crippen LogP contribution < -0.4 is 0 Å². The van der Waals surface area contributed by atoms with Crippen molar-refractivity contribution in [3.05, 3.63) is 0 Å². The van der Waals surface area contributed by atoms with E-state index in [0.29, 0.717) is 11.4 Å². The Morgan fingerprint density at radius 2 is 1.88 bits per heavy atom. The molecular formula is C6H14OS. The van der Waals surface area contributed by atoms with Gasteiger partial charge in [0.1, 0.15) is 5.44 Å². The largest absolute Gasteiger partial charge is 0.371 e. The number of hydrogen-bond donors (Lipinski definition) is 0. The number of thioether (sulfide) groups is 1. The van der Waals surface area contributed by atoms with E-state index >= 15 is 0 Å². The summed E-state index contributed by atoms with van der Waals surface area (Å²) in [6, 6.07) is 0. The Morgan fingerprint density at radius 1 is 1.38 bits per heavy atom. The third-order valence-electron chi connectivity index (χ3n) is 1.01. The minimum absolute atomic E-state index is 0.370. The van der Waals surface area contributed by atoms with Crippen LogP contribution in [-0.4, -0.2) is 18.8 Å². The van der Waals surface area contributed by atoms with Gasteiger partial charge in [0, 0.05) is 7.11 Å². The smallest absolute Gasteiger partial charge is 0.104 e. The van der Waals surface area contributed by atoms with E-state index in [9.17, 15) is 0 Å². The quantitative estimate of drug-likeness (QED) is 0.546. The molecule has 1 nitrogen and oxygen atoms in total. The first-order valence-electron chi connectivity index (χ1n) is 2.78. The summed E-state index contributed by atoms with van der Waals surface area (Å²) in [5.74, 6) is 0.620. The molecule has 0 spiro atoms. The monoisotopic (exact) mass is 134 g/mol. The first-order valence-corrected chi connectivity index (χ1v) is 4.06. The number of ether oxygens (including phenoxy) is 1. The number of methoxy groups -OCH3 is 1. The summed E-state index contributed by atoms with van der Waals surface area (Å²) >= 11 is 1.76. The van der Waals surface area contributed by atoms with Crippen molar-refractivity contribution in [1.29, 1.82) is 0 Å². The SMILES string of the molecule is COC(SC)C(C)C. The van der Waals surface area contributed by atoms with Gasteiger partial charge >= 0.3 is 0 Å². The number of rotatable bonds is 3. The first kappa shape index (κ1) is 8.31. The molecular weight excluding hydrogens is 120 g/mol. The molecule has 0 rings (SSSR count). The second-order valence-corrected chi connectivity index (χ2v) is 3.02. The third-order valence-corrected chi connectivity index (χ3v) is 2.21. The first-order chi connectivity index (χ1) is 3.72. The van der Waals surface area contributed by atoms with Crippen molar-refractivity contribution in [2.24, 2.45) is 5.92 Å². The highest BCUT2D eigenvalue weighted by atomic mass is 32.2. The molecule has 8 heavy (non-hydrogen) atoms. The van der Waals surface area contributed by atoms with E-state index in [1.54, 1.807) is 18.9 Å². The van der Waals surface area contributed by atoms with E-state index in [0.717, 1.165) is 0 Å². The van der Waals surface area contributed by atoms with E-state index in [4.69, 9.17) is 4.74 Å². The van der Waals surface area contributed by atoms with Crippen LogP contribution in [0.4, 0.5) is 0 Å². The van der Waals surface area contributed by atoms with E-state index in [1.807, 2.05) is 0 Å². The molecule has 0 aromatic carbocycles. The van der Waals surface area contributed by atoms with E-state index in [1.165, 1.54) is 0 Å². The molecule has 1 atom stereocenters. The van der Waals surface area contributed by atoms with Gasteiger partial charge < -0.3 is 4.74 Å². The Morgan fingerprint density at radius 3 is 1.88 bits per heavy atom. The van der Waals surface area contributed by atoms with Gasteiger partial charge in [-0.15, -0.1) is 11.8 Å². The molecule has 0 radical (unpaired) electrons. The van der Waals surface area contributed by atoms with Crippen LogP contribution in [0.25, 0.3) is 0 Å². The lowest BCUT2D eigenvalue weighted by Crippen LogP contribution is -2.12. The Bertz CT molecular complexity index is 50.5. The Labute approximate surface area is 55.8 Å². The van der Waals surface area contributed by atoms with Crippen molar-refractivity contribution in [3.63, 3.8) is 0 Å².